The Kier molecular flexibility index (Phi) is 8.34. The lowest BCUT2D eigenvalue weighted by molar-refractivity contribution is -0.143. The SMILES string of the molecule is [C-]#[N+]c1ccc(-c2ccc(-c3cc(C(F)(F)F)cc(C(F)(F)F)c3)cc2-n2c3ccc(C)cc3c3cc(C)ccc32)c(-n2c3ccc(C)cc3c3cc(C)ccc32)c1. The molecule has 0 bridgehead atoms. The number of benzene rings is 7. The van der Waals surface area contributed by atoms with Gasteiger partial charge in [-0.25, -0.2) is 4.85 Å². The van der Waals surface area contributed by atoms with Gasteiger partial charge < -0.3 is 9.13 Å². The molecular formula is C49H33F6N3. The van der Waals surface area contributed by atoms with Crippen LogP contribution in [0.2, 0.25) is 0 Å². The van der Waals surface area contributed by atoms with Gasteiger partial charge in [0.2, 0.25) is 0 Å². The maximum atomic E-state index is 14.2. The van der Waals surface area contributed by atoms with Crippen LogP contribution in [0.5, 0.6) is 0 Å². The molecule has 3 nitrogen and oxygen atoms in total. The van der Waals surface area contributed by atoms with E-state index in [0.717, 1.165) is 78.0 Å². The van der Waals surface area contributed by atoms with Gasteiger partial charge in [0.25, 0.3) is 0 Å². The number of alkyl halides is 6. The first kappa shape index (κ1) is 36.8. The molecule has 0 aliphatic carbocycles. The summed E-state index contributed by atoms with van der Waals surface area (Å²) in [6, 6.07) is 36.7. The summed E-state index contributed by atoms with van der Waals surface area (Å²) in [6.07, 6.45) is -10.0. The second-order valence-corrected chi connectivity index (χ2v) is 15.1. The summed E-state index contributed by atoms with van der Waals surface area (Å²) in [5, 5.41) is 3.97. The highest BCUT2D eigenvalue weighted by Gasteiger charge is 2.37. The summed E-state index contributed by atoms with van der Waals surface area (Å²) in [6.45, 7) is 16.1. The summed E-state index contributed by atoms with van der Waals surface area (Å²) in [7, 11) is 0. The van der Waals surface area contributed by atoms with Crippen molar-refractivity contribution in [3.05, 3.63) is 172 Å². The number of fused-ring (bicyclic) bond motifs is 6. The third-order valence-corrected chi connectivity index (χ3v) is 11.0. The van der Waals surface area contributed by atoms with Crippen molar-refractivity contribution >= 4 is 49.3 Å². The molecule has 0 amide bonds. The molecule has 0 atom stereocenters. The van der Waals surface area contributed by atoms with E-state index in [2.05, 4.69) is 45.8 Å². The molecule has 2 aromatic heterocycles. The zero-order valence-corrected chi connectivity index (χ0v) is 31.7. The molecule has 286 valence electrons. The second-order valence-electron chi connectivity index (χ2n) is 15.1. The predicted octanol–water partition coefficient (Wildman–Crippen LogP) is 15.0. The molecule has 9 heteroatoms. The Balaban J connectivity index is 1.42. The molecule has 9 aromatic rings. The van der Waals surface area contributed by atoms with Crippen LogP contribution >= 0.6 is 0 Å². The monoisotopic (exact) mass is 777 g/mol. The van der Waals surface area contributed by atoms with E-state index < -0.39 is 23.5 Å². The fourth-order valence-electron chi connectivity index (χ4n) is 8.27. The maximum Gasteiger partial charge on any atom is 0.416 e. The Morgan fingerprint density at radius 2 is 0.793 bits per heavy atom. The first-order valence-corrected chi connectivity index (χ1v) is 18.6. The Labute approximate surface area is 329 Å². The molecule has 2 heterocycles. The summed E-state index contributed by atoms with van der Waals surface area (Å²) >= 11 is 0. The van der Waals surface area contributed by atoms with Crippen molar-refractivity contribution in [1.82, 2.24) is 9.13 Å². The van der Waals surface area contributed by atoms with Gasteiger partial charge in [-0.3, -0.25) is 0 Å². The lowest BCUT2D eigenvalue weighted by Crippen LogP contribution is -2.11. The summed E-state index contributed by atoms with van der Waals surface area (Å²) in [4.78, 5) is 3.79. The van der Waals surface area contributed by atoms with Crippen LogP contribution in [0, 0.1) is 34.3 Å². The molecule has 58 heavy (non-hydrogen) atoms. The average molecular weight is 778 g/mol. The standard InChI is InChI=1S/C49H33F6N3/c1-27-6-14-42-38(18-27)39-19-28(2)7-15-43(39)57(42)46-24-31(32-22-33(48(50,51)52)25-34(23-32)49(53,54)55)10-12-36(46)37-13-11-35(56-5)26-47(37)58-44-16-8-29(3)20-40(44)41-21-30(4)9-17-45(41)58/h6-26H,1-4H3. The lowest BCUT2D eigenvalue weighted by atomic mass is 9.94. The molecule has 0 aliphatic rings. The Morgan fingerprint density at radius 3 is 1.17 bits per heavy atom. The predicted molar refractivity (Wildman–Crippen MR) is 221 cm³/mol. The maximum absolute atomic E-state index is 14.2. The Hall–Kier alpha value is -6.79. The van der Waals surface area contributed by atoms with Gasteiger partial charge in [-0.2, -0.15) is 26.3 Å². The third-order valence-electron chi connectivity index (χ3n) is 11.0. The zero-order valence-electron chi connectivity index (χ0n) is 31.7. The normalized spacial score (nSPS) is 12.3. The number of nitrogens with zero attached hydrogens (tertiary/aromatic N) is 3. The number of aryl methyl sites for hydroxylation is 4. The molecule has 0 unspecified atom stereocenters. The first-order chi connectivity index (χ1) is 27.6. The van der Waals surface area contributed by atoms with Crippen LogP contribution in [-0.2, 0) is 12.4 Å². The van der Waals surface area contributed by atoms with E-state index >= 15 is 0 Å². The first-order valence-electron chi connectivity index (χ1n) is 18.6. The zero-order chi connectivity index (χ0) is 40.8. The minimum absolute atomic E-state index is 0.149. The summed E-state index contributed by atoms with van der Waals surface area (Å²) in [5.74, 6) is 0. The molecule has 0 fully saturated rings. The summed E-state index contributed by atoms with van der Waals surface area (Å²) < 4.78 is 89.2. The van der Waals surface area contributed by atoms with Crippen molar-refractivity contribution < 1.29 is 26.3 Å². The van der Waals surface area contributed by atoms with Crippen molar-refractivity contribution in [3.63, 3.8) is 0 Å². The number of halogens is 6. The average Bonchev–Trinajstić information content (AvgIpc) is 3.67. The van der Waals surface area contributed by atoms with Gasteiger partial charge >= 0.3 is 12.4 Å². The van der Waals surface area contributed by atoms with Gasteiger partial charge in [-0.05, 0) is 118 Å². The van der Waals surface area contributed by atoms with Gasteiger partial charge in [0.15, 0.2) is 5.69 Å². The number of rotatable bonds is 4. The van der Waals surface area contributed by atoms with Gasteiger partial charge in [0.05, 0.1) is 45.5 Å². The number of hydrogen-bond acceptors (Lipinski definition) is 0. The van der Waals surface area contributed by atoms with Crippen LogP contribution in [0.4, 0.5) is 32.0 Å². The molecule has 0 radical (unpaired) electrons. The van der Waals surface area contributed by atoms with E-state index in [4.69, 9.17) is 6.57 Å². The Morgan fingerprint density at radius 1 is 0.414 bits per heavy atom. The fraction of sp³-hybridized carbons (Fsp3) is 0.122. The van der Waals surface area contributed by atoms with Crippen LogP contribution in [0.3, 0.4) is 0 Å². The number of aromatic nitrogens is 2. The van der Waals surface area contributed by atoms with E-state index in [9.17, 15) is 26.3 Å². The molecule has 0 saturated carbocycles. The highest BCUT2D eigenvalue weighted by molar-refractivity contribution is 6.12. The highest BCUT2D eigenvalue weighted by atomic mass is 19.4. The van der Waals surface area contributed by atoms with Gasteiger partial charge in [-0.1, -0.05) is 70.8 Å². The minimum atomic E-state index is -5.01. The third kappa shape index (κ3) is 6.08. The second kappa shape index (κ2) is 13.1. The molecule has 0 saturated heterocycles. The van der Waals surface area contributed by atoms with Crippen molar-refractivity contribution in [2.24, 2.45) is 0 Å². The molecule has 0 spiro atoms. The van der Waals surface area contributed by atoms with Crippen molar-refractivity contribution in [1.29, 1.82) is 0 Å². The summed E-state index contributed by atoms with van der Waals surface area (Å²) in [5.41, 5.74) is 7.86. The van der Waals surface area contributed by atoms with Crippen molar-refractivity contribution in [3.8, 4) is 33.6 Å². The number of hydrogen-bond donors (Lipinski definition) is 0. The van der Waals surface area contributed by atoms with Crippen LogP contribution in [-0.4, -0.2) is 9.13 Å². The largest absolute Gasteiger partial charge is 0.416 e. The van der Waals surface area contributed by atoms with Gasteiger partial charge in [0.1, 0.15) is 0 Å². The van der Waals surface area contributed by atoms with Crippen LogP contribution in [0.15, 0.2) is 127 Å². The highest BCUT2D eigenvalue weighted by Crippen LogP contribution is 2.45. The van der Waals surface area contributed by atoms with E-state index in [1.165, 1.54) is 0 Å². The van der Waals surface area contributed by atoms with Gasteiger partial charge in [0, 0.05) is 38.4 Å². The van der Waals surface area contributed by atoms with Crippen LogP contribution < -0.4 is 0 Å². The molecule has 7 aromatic carbocycles. The van der Waals surface area contributed by atoms with E-state index in [1.807, 2.05) is 80.8 Å². The topological polar surface area (TPSA) is 14.2 Å². The molecular weight excluding hydrogens is 745 g/mol. The molecule has 9 rings (SSSR count). The minimum Gasteiger partial charge on any atom is -0.310 e. The van der Waals surface area contributed by atoms with E-state index in [1.54, 1.807) is 24.3 Å². The molecule has 0 N–H and O–H groups in total. The van der Waals surface area contributed by atoms with Crippen LogP contribution in [0.1, 0.15) is 33.4 Å². The molecule has 0 aliphatic heterocycles. The van der Waals surface area contributed by atoms with Crippen LogP contribution in [0.25, 0.3) is 82.1 Å². The van der Waals surface area contributed by atoms with E-state index in [-0.39, 0.29) is 17.2 Å². The van der Waals surface area contributed by atoms with E-state index in [0.29, 0.717) is 28.2 Å². The lowest BCUT2D eigenvalue weighted by Gasteiger charge is -2.21. The van der Waals surface area contributed by atoms with Crippen molar-refractivity contribution in [2.75, 3.05) is 0 Å². The van der Waals surface area contributed by atoms with Gasteiger partial charge in [-0.15, -0.1) is 0 Å². The Bertz CT molecular complexity index is 3060. The quantitative estimate of drug-likeness (QED) is 0.125. The van der Waals surface area contributed by atoms with Crippen molar-refractivity contribution in [2.45, 2.75) is 40.0 Å². The smallest absolute Gasteiger partial charge is 0.310 e. The fourth-order valence-corrected chi connectivity index (χ4v) is 8.27.